The summed E-state index contributed by atoms with van der Waals surface area (Å²) in [6.07, 6.45) is 3.70. The first-order valence-electron chi connectivity index (χ1n) is 4.58. The topological polar surface area (TPSA) is 37.0 Å². The summed E-state index contributed by atoms with van der Waals surface area (Å²) in [6, 6.07) is 2.46. The first-order chi connectivity index (χ1) is 6.24. The van der Waals surface area contributed by atoms with Gasteiger partial charge in [-0.2, -0.15) is 0 Å². The number of aromatic nitrogens is 1. The molecule has 1 aromatic heterocycles. The Kier molecular flexibility index (Phi) is 3.71. The molecule has 0 saturated heterocycles. The third kappa shape index (κ3) is 3.03. The lowest BCUT2D eigenvalue weighted by molar-refractivity contribution is 0.807. The van der Waals surface area contributed by atoms with Gasteiger partial charge in [0.2, 0.25) is 0 Å². The van der Waals surface area contributed by atoms with Gasteiger partial charge >= 0.3 is 0 Å². The van der Waals surface area contributed by atoms with Crippen molar-refractivity contribution in [2.75, 3.05) is 12.4 Å². The zero-order valence-corrected chi connectivity index (χ0v) is 8.46. The van der Waals surface area contributed by atoms with Gasteiger partial charge in [0, 0.05) is 36.2 Å². The Bertz CT molecular complexity index is 258. The maximum absolute atomic E-state index is 4.09. The van der Waals surface area contributed by atoms with Crippen molar-refractivity contribution in [2.45, 2.75) is 26.4 Å². The van der Waals surface area contributed by atoms with Gasteiger partial charge in [-0.05, 0) is 27.0 Å². The Morgan fingerprint density at radius 1 is 1.46 bits per heavy atom. The van der Waals surface area contributed by atoms with E-state index >= 15 is 0 Å². The molecule has 72 valence electrons. The largest absolute Gasteiger partial charge is 0.383 e. The lowest BCUT2D eigenvalue weighted by Gasteiger charge is -2.13. The predicted molar refractivity (Wildman–Crippen MR) is 55.8 cm³/mol. The second kappa shape index (κ2) is 4.82. The van der Waals surface area contributed by atoms with Crippen molar-refractivity contribution in [3.63, 3.8) is 0 Å². The monoisotopic (exact) mass is 179 g/mol. The quantitative estimate of drug-likeness (QED) is 0.737. The van der Waals surface area contributed by atoms with E-state index in [1.165, 1.54) is 11.3 Å². The normalized spacial score (nSPS) is 10.5. The molecular formula is C10H17N3. The second-order valence-electron chi connectivity index (χ2n) is 3.36. The second-order valence-corrected chi connectivity index (χ2v) is 3.36. The number of nitrogens with one attached hydrogen (secondary N) is 2. The molecule has 0 atom stereocenters. The smallest absolute Gasteiger partial charge is 0.0418 e. The van der Waals surface area contributed by atoms with Crippen molar-refractivity contribution in [1.29, 1.82) is 0 Å². The fraction of sp³-hybridized carbons (Fsp3) is 0.500. The molecule has 2 N–H and O–H groups in total. The van der Waals surface area contributed by atoms with E-state index in [9.17, 15) is 0 Å². The molecule has 0 unspecified atom stereocenters. The van der Waals surface area contributed by atoms with Crippen molar-refractivity contribution >= 4 is 5.69 Å². The van der Waals surface area contributed by atoms with Gasteiger partial charge in [0.25, 0.3) is 0 Å². The summed E-state index contributed by atoms with van der Waals surface area (Å²) in [6.45, 7) is 5.11. The third-order valence-electron chi connectivity index (χ3n) is 1.71. The van der Waals surface area contributed by atoms with Crippen LogP contribution in [0, 0.1) is 0 Å². The molecule has 1 heterocycles. The Hall–Kier alpha value is -1.09. The molecule has 0 radical (unpaired) electrons. The van der Waals surface area contributed by atoms with Crippen molar-refractivity contribution in [1.82, 2.24) is 10.3 Å². The highest BCUT2D eigenvalue weighted by Crippen LogP contribution is 2.13. The first kappa shape index (κ1) is 9.99. The summed E-state index contributed by atoms with van der Waals surface area (Å²) in [5.74, 6) is 0. The van der Waals surface area contributed by atoms with Crippen LogP contribution in [0.1, 0.15) is 19.4 Å². The molecule has 0 spiro atoms. The summed E-state index contributed by atoms with van der Waals surface area (Å²) in [5.41, 5.74) is 2.37. The molecule has 0 aliphatic rings. The van der Waals surface area contributed by atoms with Crippen molar-refractivity contribution in [3.05, 3.63) is 24.0 Å². The third-order valence-corrected chi connectivity index (χ3v) is 1.71. The van der Waals surface area contributed by atoms with Crippen molar-refractivity contribution < 1.29 is 0 Å². The van der Waals surface area contributed by atoms with Crippen LogP contribution in [-0.2, 0) is 6.54 Å². The van der Waals surface area contributed by atoms with Crippen molar-refractivity contribution in [2.24, 2.45) is 0 Å². The molecule has 1 aromatic rings. The van der Waals surface area contributed by atoms with E-state index in [-0.39, 0.29) is 0 Å². The van der Waals surface area contributed by atoms with E-state index in [0.717, 1.165) is 6.54 Å². The van der Waals surface area contributed by atoms with Gasteiger partial charge in [-0.25, -0.2) is 0 Å². The van der Waals surface area contributed by atoms with E-state index in [0.29, 0.717) is 6.04 Å². The van der Waals surface area contributed by atoms with E-state index in [2.05, 4.69) is 29.5 Å². The summed E-state index contributed by atoms with van der Waals surface area (Å²) < 4.78 is 0. The fourth-order valence-electron chi connectivity index (χ4n) is 1.21. The number of rotatable bonds is 4. The first-order valence-corrected chi connectivity index (χ1v) is 4.58. The summed E-state index contributed by atoms with van der Waals surface area (Å²) in [5, 5.41) is 6.50. The lowest BCUT2D eigenvalue weighted by atomic mass is 10.2. The molecular weight excluding hydrogens is 162 g/mol. The van der Waals surface area contributed by atoms with Gasteiger partial charge in [-0.15, -0.1) is 0 Å². The van der Waals surface area contributed by atoms with Crippen molar-refractivity contribution in [3.8, 4) is 0 Å². The number of pyridine rings is 1. The standard InChI is InChI=1S/C10H17N3/c1-8(2)13-10-4-5-12-7-9(10)6-11-3/h4-5,7-8,11H,6H2,1-3H3,(H,12,13). The van der Waals surface area contributed by atoms with Crippen LogP contribution in [0.25, 0.3) is 0 Å². The summed E-state index contributed by atoms with van der Waals surface area (Å²) in [4.78, 5) is 4.09. The Labute approximate surface area is 79.6 Å². The van der Waals surface area contributed by atoms with E-state index in [4.69, 9.17) is 0 Å². The van der Waals surface area contributed by atoms with Gasteiger partial charge in [-0.3, -0.25) is 4.98 Å². The van der Waals surface area contributed by atoms with E-state index in [1.54, 1.807) is 0 Å². The average Bonchev–Trinajstić information content (AvgIpc) is 2.08. The minimum Gasteiger partial charge on any atom is -0.383 e. The van der Waals surface area contributed by atoms with Gasteiger partial charge < -0.3 is 10.6 Å². The zero-order valence-electron chi connectivity index (χ0n) is 8.46. The van der Waals surface area contributed by atoms with E-state index in [1.807, 2.05) is 25.5 Å². The molecule has 3 nitrogen and oxygen atoms in total. The van der Waals surface area contributed by atoms with E-state index < -0.39 is 0 Å². The maximum Gasteiger partial charge on any atom is 0.0418 e. The summed E-state index contributed by atoms with van der Waals surface area (Å²) >= 11 is 0. The maximum atomic E-state index is 4.09. The number of nitrogens with zero attached hydrogens (tertiary/aromatic N) is 1. The van der Waals surface area contributed by atoms with Crippen LogP contribution in [0.2, 0.25) is 0 Å². The molecule has 0 bridgehead atoms. The molecule has 0 aliphatic carbocycles. The molecule has 0 aliphatic heterocycles. The highest BCUT2D eigenvalue weighted by molar-refractivity contribution is 5.49. The Morgan fingerprint density at radius 2 is 2.23 bits per heavy atom. The van der Waals surface area contributed by atoms with Crippen LogP contribution < -0.4 is 10.6 Å². The van der Waals surface area contributed by atoms with Crippen LogP contribution in [-0.4, -0.2) is 18.1 Å². The lowest BCUT2D eigenvalue weighted by Crippen LogP contribution is -2.14. The Balaban J connectivity index is 2.78. The van der Waals surface area contributed by atoms with Gasteiger partial charge in [0.15, 0.2) is 0 Å². The number of hydrogen-bond acceptors (Lipinski definition) is 3. The Morgan fingerprint density at radius 3 is 2.85 bits per heavy atom. The van der Waals surface area contributed by atoms with Crippen LogP contribution in [0.5, 0.6) is 0 Å². The fourth-order valence-corrected chi connectivity index (χ4v) is 1.21. The molecule has 3 heteroatoms. The minimum atomic E-state index is 0.456. The molecule has 0 fully saturated rings. The summed E-state index contributed by atoms with van der Waals surface area (Å²) in [7, 11) is 1.94. The van der Waals surface area contributed by atoms with Gasteiger partial charge in [0.05, 0.1) is 0 Å². The molecule has 0 amide bonds. The van der Waals surface area contributed by atoms with Gasteiger partial charge in [0.1, 0.15) is 0 Å². The van der Waals surface area contributed by atoms with Crippen LogP contribution in [0.3, 0.4) is 0 Å². The average molecular weight is 179 g/mol. The number of hydrogen-bond donors (Lipinski definition) is 2. The SMILES string of the molecule is CNCc1cnccc1NC(C)C. The highest BCUT2D eigenvalue weighted by atomic mass is 14.9. The minimum absolute atomic E-state index is 0.456. The highest BCUT2D eigenvalue weighted by Gasteiger charge is 2.01. The molecule has 13 heavy (non-hydrogen) atoms. The van der Waals surface area contributed by atoms with Gasteiger partial charge in [-0.1, -0.05) is 0 Å². The molecule has 0 aromatic carbocycles. The van der Waals surface area contributed by atoms with Crippen LogP contribution in [0.15, 0.2) is 18.5 Å². The number of anilines is 1. The molecule has 0 saturated carbocycles. The predicted octanol–water partition coefficient (Wildman–Crippen LogP) is 1.62. The molecule has 1 rings (SSSR count). The van der Waals surface area contributed by atoms with Crippen LogP contribution >= 0.6 is 0 Å². The van der Waals surface area contributed by atoms with Crippen LogP contribution in [0.4, 0.5) is 5.69 Å². The zero-order chi connectivity index (χ0) is 9.68.